The van der Waals surface area contributed by atoms with Gasteiger partial charge in [0.15, 0.2) is 0 Å². The van der Waals surface area contributed by atoms with Crippen molar-refractivity contribution < 1.29 is 18.7 Å². The summed E-state index contributed by atoms with van der Waals surface area (Å²) in [4.78, 5) is 30.2. The van der Waals surface area contributed by atoms with Crippen LogP contribution in [0.1, 0.15) is 56.7 Å². The van der Waals surface area contributed by atoms with Crippen molar-refractivity contribution in [2.24, 2.45) is 11.8 Å². The van der Waals surface area contributed by atoms with Crippen molar-refractivity contribution in [2.45, 2.75) is 70.1 Å². The molecule has 5 atom stereocenters. The van der Waals surface area contributed by atoms with Gasteiger partial charge in [-0.25, -0.2) is 0 Å². The van der Waals surface area contributed by atoms with Crippen LogP contribution in [0.3, 0.4) is 0 Å². The summed E-state index contributed by atoms with van der Waals surface area (Å²) in [6, 6.07) is 8.70. The molecule has 2 aliphatic carbocycles. The highest BCUT2D eigenvalue weighted by Gasteiger charge is 2.66. The van der Waals surface area contributed by atoms with Gasteiger partial charge in [0.2, 0.25) is 5.91 Å². The van der Waals surface area contributed by atoms with Crippen LogP contribution >= 0.6 is 0 Å². The van der Waals surface area contributed by atoms with Crippen molar-refractivity contribution in [2.75, 3.05) is 19.6 Å². The van der Waals surface area contributed by atoms with Gasteiger partial charge >= 0.3 is 0 Å². The molecule has 3 heterocycles. The number of furan rings is 1. The number of carbonyl (C=O) groups is 2. The van der Waals surface area contributed by atoms with E-state index in [2.05, 4.69) is 41.8 Å². The molecular weight excluding hydrogens is 452 g/mol. The average Bonchev–Trinajstić information content (AvgIpc) is 3.48. The second-order valence-electron chi connectivity index (χ2n) is 11.6. The fourth-order valence-corrected chi connectivity index (χ4v) is 7.79. The van der Waals surface area contributed by atoms with Gasteiger partial charge in [-0.05, 0) is 74.8 Å². The first-order chi connectivity index (χ1) is 17.4. The maximum absolute atomic E-state index is 13.6. The zero-order chi connectivity index (χ0) is 25.0. The SMILES string of the molecule is CC(=O)CN1CC[C@]23c4c5cccc4O[C@H]2[C@H](N(CC(C)C)C(=O)C=Cc2ccoc2)CC[C@H]3[C@H]1C5. The molecule has 36 heavy (non-hydrogen) atoms. The van der Waals surface area contributed by atoms with E-state index in [9.17, 15) is 9.59 Å². The average molecular weight is 489 g/mol. The highest BCUT2D eigenvalue weighted by molar-refractivity contribution is 5.92. The number of ketones is 1. The largest absolute Gasteiger partial charge is 0.487 e. The molecule has 0 unspecified atom stereocenters. The molecular formula is C30H36N2O4. The molecule has 4 aliphatic rings. The Hall–Kier alpha value is -2.86. The van der Waals surface area contributed by atoms with Crippen LogP contribution in [-0.2, 0) is 21.4 Å². The van der Waals surface area contributed by atoms with E-state index < -0.39 is 0 Å². The van der Waals surface area contributed by atoms with Gasteiger partial charge in [-0.15, -0.1) is 0 Å². The molecule has 0 N–H and O–H groups in total. The summed E-state index contributed by atoms with van der Waals surface area (Å²) in [5, 5.41) is 0. The van der Waals surface area contributed by atoms with Crippen molar-refractivity contribution in [3.8, 4) is 5.75 Å². The highest BCUT2D eigenvalue weighted by atomic mass is 16.5. The maximum Gasteiger partial charge on any atom is 0.246 e. The molecule has 2 aliphatic heterocycles. The van der Waals surface area contributed by atoms with Gasteiger partial charge in [0.25, 0.3) is 0 Å². The lowest BCUT2D eigenvalue weighted by atomic mass is 9.51. The standard InChI is InChI=1S/C30H36N2O4/c1-19(2)16-32(27(34)10-7-21-11-14-35-18-21)24-9-8-23-25-15-22-5-4-6-26-28(22)30(23,29(24)36-26)12-13-31(25)17-20(3)33/h4-7,10-11,14,18-19,23-25,29H,8-9,12-13,15-17H2,1-3H3/t23-,24+,25+,29-,30-/m0/s1. The summed E-state index contributed by atoms with van der Waals surface area (Å²) in [5.74, 6) is 2.07. The van der Waals surface area contributed by atoms with Gasteiger partial charge in [0, 0.05) is 35.2 Å². The van der Waals surface area contributed by atoms with E-state index in [1.165, 1.54) is 11.1 Å². The highest BCUT2D eigenvalue weighted by Crippen LogP contribution is 2.62. The fraction of sp³-hybridized carbons (Fsp3) is 0.533. The normalized spacial score (nSPS) is 30.3. The maximum atomic E-state index is 13.6. The van der Waals surface area contributed by atoms with Crippen molar-refractivity contribution in [3.63, 3.8) is 0 Å². The summed E-state index contributed by atoms with van der Waals surface area (Å²) in [6.45, 7) is 8.16. The van der Waals surface area contributed by atoms with Crippen LogP contribution in [0.5, 0.6) is 5.75 Å². The molecule has 1 aromatic carbocycles. The number of hydrogen-bond donors (Lipinski definition) is 0. The number of carbonyl (C=O) groups excluding carboxylic acids is 2. The van der Waals surface area contributed by atoms with E-state index in [4.69, 9.17) is 9.15 Å². The minimum absolute atomic E-state index is 0.0171. The fourth-order valence-electron chi connectivity index (χ4n) is 7.79. The minimum Gasteiger partial charge on any atom is -0.487 e. The molecule has 6 heteroatoms. The number of hydrogen-bond acceptors (Lipinski definition) is 5. The lowest BCUT2D eigenvalue weighted by molar-refractivity contribution is -0.139. The zero-order valence-corrected chi connectivity index (χ0v) is 21.5. The van der Waals surface area contributed by atoms with Crippen molar-refractivity contribution in [1.29, 1.82) is 0 Å². The third-order valence-electron chi connectivity index (χ3n) is 8.93. The van der Waals surface area contributed by atoms with Crippen LogP contribution < -0.4 is 4.74 Å². The third-order valence-corrected chi connectivity index (χ3v) is 8.93. The van der Waals surface area contributed by atoms with Crippen LogP contribution in [0.2, 0.25) is 0 Å². The molecule has 1 spiro atoms. The third kappa shape index (κ3) is 3.64. The van der Waals surface area contributed by atoms with Gasteiger partial charge < -0.3 is 14.1 Å². The van der Waals surface area contributed by atoms with Crippen molar-refractivity contribution in [1.82, 2.24) is 9.80 Å². The number of rotatable bonds is 7. The second kappa shape index (κ2) is 8.91. The van der Waals surface area contributed by atoms with E-state index in [1.807, 2.05) is 12.1 Å². The number of benzene rings is 1. The first-order valence-corrected chi connectivity index (χ1v) is 13.4. The second-order valence-corrected chi connectivity index (χ2v) is 11.6. The van der Waals surface area contributed by atoms with E-state index in [0.29, 0.717) is 31.0 Å². The van der Waals surface area contributed by atoms with Gasteiger partial charge in [0.1, 0.15) is 17.6 Å². The molecule has 1 aromatic heterocycles. The van der Waals surface area contributed by atoms with Crippen LogP contribution in [0.15, 0.2) is 47.3 Å². The van der Waals surface area contributed by atoms with E-state index in [0.717, 1.165) is 43.5 Å². The molecule has 6 rings (SSSR count). The van der Waals surface area contributed by atoms with E-state index in [-0.39, 0.29) is 29.3 Å². The Morgan fingerprint density at radius 2 is 2.11 bits per heavy atom. The predicted molar refractivity (Wildman–Crippen MR) is 138 cm³/mol. The number of ether oxygens (including phenoxy) is 1. The molecule has 1 saturated carbocycles. The monoisotopic (exact) mass is 488 g/mol. The number of likely N-dealkylation sites (tertiary alicyclic amines) is 1. The van der Waals surface area contributed by atoms with Gasteiger partial charge in [-0.3, -0.25) is 14.5 Å². The summed E-state index contributed by atoms with van der Waals surface area (Å²) >= 11 is 0. The molecule has 6 nitrogen and oxygen atoms in total. The molecule has 0 radical (unpaired) electrons. The summed E-state index contributed by atoms with van der Waals surface area (Å²) in [7, 11) is 0. The van der Waals surface area contributed by atoms with Gasteiger partial charge in [-0.2, -0.15) is 0 Å². The topological polar surface area (TPSA) is 63.0 Å². The van der Waals surface area contributed by atoms with E-state index >= 15 is 0 Å². The minimum atomic E-state index is -0.0885. The van der Waals surface area contributed by atoms with Crippen LogP contribution in [0, 0.1) is 11.8 Å². The van der Waals surface area contributed by atoms with Crippen LogP contribution in [0.4, 0.5) is 0 Å². The van der Waals surface area contributed by atoms with Crippen molar-refractivity contribution >= 4 is 17.8 Å². The van der Waals surface area contributed by atoms with Gasteiger partial charge in [0.05, 0.1) is 25.1 Å². The predicted octanol–water partition coefficient (Wildman–Crippen LogP) is 4.47. The Labute approximate surface area is 213 Å². The Kier molecular flexibility index (Phi) is 5.83. The lowest BCUT2D eigenvalue weighted by Gasteiger charge is -2.60. The Balaban J connectivity index is 1.38. The number of Topliss-reactive ketones (excluding diaryl/α,β-unsaturated/α-hetero) is 1. The Morgan fingerprint density at radius 1 is 1.25 bits per heavy atom. The lowest BCUT2D eigenvalue weighted by Crippen LogP contribution is -2.69. The number of nitrogens with zero attached hydrogens (tertiary/aromatic N) is 2. The first kappa shape index (κ1) is 23.5. The summed E-state index contributed by atoms with van der Waals surface area (Å²) in [6.07, 6.45) is 10.7. The summed E-state index contributed by atoms with van der Waals surface area (Å²) < 4.78 is 12.0. The van der Waals surface area contributed by atoms with Crippen molar-refractivity contribution in [3.05, 3.63) is 59.6 Å². The smallest absolute Gasteiger partial charge is 0.246 e. The summed E-state index contributed by atoms with van der Waals surface area (Å²) in [5.41, 5.74) is 3.56. The van der Waals surface area contributed by atoms with Crippen LogP contribution in [0.25, 0.3) is 6.08 Å². The zero-order valence-electron chi connectivity index (χ0n) is 21.5. The number of amides is 1. The first-order valence-electron chi connectivity index (χ1n) is 13.4. The van der Waals surface area contributed by atoms with E-state index in [1.54, 1.807) is 25.5 Å². The Morgan fingerprint density at radius 3 is 2.86 bits per heavy atom. The molecule has 1 saturated heterocycles. The molecule has 2 fully saturated rings. The molecule has 190 valence electrons. The van der Waals surface area contributed by atoms with Gasteiger partial charge in [-0.1, -0.05) is 26.0 Å². The number of piperidine rings is 1. The molecule has 1 amide bonds. The van der Waals surface area contributed by atoms with Crippen LogP contribution in [-0.4, -0.2) is 59.3 Å². The Bertz CT molecular complexity index is 1190. The quantitative estimate of drug-likeness (QED) is 0.538. The molecule has 2 bridgehead atoms. The molecule has 2 aromatic rings.